The first kappa shape index (κ1) is 12.4. The van der Waals surface area contributed by atoms with E-state index in [0.717, 1.165) is 0 Å². The third-order valence-electron chi connectivity index (χ3n) is 2.42. The van der Waals surface area contributed by atoms with Crippen LogP contribution in [0.15, 0.2) is 35.7 Å². The molecule has 0 amide bonds. The van der Waals surface area contributed by atoms with Gasteiger partial charge < -0.3 is 15.6 Å². The Hall–Kier alpha value is -2.01. The predicted octanol–water partition coefficient (Wildman–Crippen LogP) is 2.44. The number of hydrogen-bond donors (Lipinski definition) is 2. The van der Waals surface area contributed by atoms with Crippen LogP contribution < -0.4 is 5.73 Å². The van der Waals surface area contributed by atoms with Gasteiger partial charge in [0.15, 0.2) is 0 Å². The highest BCUT2D eigenvalue weighted by Crippen LogP contribution is 2.20. The highest BCUT2D eigenvalue weighted by atomic mass is 32.1. The van der Waals surface area contributed by atoms with Crippen LogP contribution in [0.4, 0.5) is 5.69 Å². The van der Waals surface area contributed by atoms with E-state index in [4.69, 9.17) is 10.5 Å². The number of phenols is 1. The Morgan fingerprint density at radius 3 is 2.89 bits per heavy atom. The number of thiophene rings is 1. The maximum absolute atomic E-state index is 11.7. The van der Waals surface area contributed by atoms with Crippen LogP contribution in [0, 0.1) is 0 Å². The Balaban J connectivity index is 1.89. The van der Waals surface area contributed by atoms with Gasteiger partial charge in [-0.15, -0.1) is 11.3 Å². The number of anilines is 1. The molecule has 0 bridgehead atoms. The van der Waals surface area contributed by atoms with Crippen LogP contribution in [0.5, 0.6) is 5.75 Å². The van der Waals surface area contributed by atoms with Gasteiger partial charge in [-0.3, -0.25) is 0 Å². The summed E-state index contributed by atoms with van der Waals surface area (Å²) < 4.78 is 5.13. The smallest absolute Gasteiger partial charge is 0.338 e. The van der Waals surface area contributed by atoms with Gasteiger partial charge in [0.25, 0.3) is 0 Å². The number of benzene rings is 1. The van der Waals surface area contributed by atoms with E-state index in [-0.39, 0.29) is 11.4 Å². The van der Waals surface area contributed by atoms with Crippen LogP contribution >= 0.6 is 11.3 Å². The number of carbonyl (C=O) groups is 1. The Morgan fingerprint density at radius 1 is 1.39 bits per heavy atom. The van der Waals surface area contributed by atoms with Crippen molar-refractivity contribution >= 4 is 23.0 Å². The largest absolute Gasteiger partial charge is 0.506 e. The zero-order valence-electron chi connectivity index (χ0n) is 9.63. The second-order valence-electron chi connectivity index (χ2n) is 3.74. The quantitative estimate of drug-likeness (QED) is 0.505. The molecular weight excluding hydrogens is 250 g/mol. The van der Waals surface area contributed by atoms with Crippen LogP contribution in [-0.4, -0.2) is 17.7 Å². The SMILES string of the molecule is Nc1cc(C(=O)OCCc2cccs2)ccc1O. The van der Waals surface area contributed by atoms with Gasteiger partial charge in [0.1, 0.15) is 5.75 Å². The fraction of sp³-hybridized carbons (Fsp3) is 0.154. The normalized spacial score (nSPS) is 10.2. The molecule has 0 radical (unpaired) electrons. The van der Waals surface area contributed by atoms with Crippen molar-refractivity contribution in [2.45, 2.75) is 6.42 Å². The van der Waals surface area contributed by atoms with Gasteiger partial charge in [0.2, 0.25) is 0 Å². The topological polar surface area (TPSA) is 72.6 Å². The van der Waals surface area contributed by atoms with Crippen molar-refractivity contribution in [2.24, 2.45) is 0 Å². The summed E-state index contributed by atoms with van der Waals surface area (Å²) in [5.74, 6) is -0.469. The van der Waals surface area contributed by atoms with Gasteiger partial charge in [0.05, 0.1) is 17.9 Å². The number of nitrogens with two attached hydrogens (primary N) is 1. The molecule has 5 heteroatoms. The van der Waals surface area contributed by atoms with E-state index in [0.29, 0.717) is 18.6 Å². The monoisotopic (exact) mass is 263 g/mol. The molecule has 18 heavy (non-hydrogen) atoms. The summed E-state index contributed by atoms with van der Waals surface area (Å²) in [4.78, 5) is 12.9. The molecule has 0 aliphatic rings. The lowest BCUT2D eigenvalue weighted by Crippen LogP contribution is -2.08. The van der Waals surface area contributed by atoms with E-state index in [2.05, 4.69) is 0 Å². The average Bonchev–Trinajstić information content (AvgIpc) is 2.85. The number of phenolic OH excluding ortho intramolecular Hbond substituents is 1. The zero-order chi connectivity index (χ0) is 13.0. The molecule has 94 valence electrons. The van der Waals surface area contributed by atoms with Gasteiger partial charge in [-0.1, -0.05) is 6.07 Å². The zero-order valence-corrected chi connectivity index (χ0v) is 10.4. The Labute approximate surface area is 109 Å². The number of ether oxygens (including phenoxy) is 1. The maximum atomic E-state index is 11.7. The first-order chi connectivity index (χ1) is 8.66. The molecule has 2 aromatic rings. The minimum Gasteiger partial charge on any atom is -0.506 e. The molecule has 0 atom stereocenters. The molecule has 1 aromatic heterocycles. The van der Waals surface area contributed by atoms with Gasteiger partial charge in [-0.2, -0.15) is 0 Å². The summed E-state index contributed by atoms with van der Waals surface area (Å²) in [5.41, 5.74) is 6.02. The van der Waals surface area contributed by atoms with Crippen LogP contribution in [0.1, 0.15) is 15.2 Å². The van der Waals surface area contributed by atoms with Crippen molar-refractivity contribution in [3.8, 4) is 5.75 Å². The first-order valence-corrected chi connectivity index (χ1v) is 6.33. The van der Waals surface area contributed by atoms with E-state index in [9.17, 15) is 9.90 Å². The Bertz CT molecular complexity index is 537. The summed E-state index contributed by atoms with van der Waals surface area (Å²) >= 11 is 1.63. The van der Waals surface area contributed by atoms with Crippen LogP contribution in [-0.2, 0) is 11.2 Å². The van der Waals surface area contributed by atoms with Gasteiger partial charge in [-0.25, -0.2) is 4.79 Å². The molecule has 0 fully saturated rings. The second-order valence-corrected chi connectivity index (χ2v) is 4.77. The first-order valence-electron chi connectivity index (χ1n) is 5.45. The predicted molar refractivity (Wildman–Crippen MR) is 70.8 cm³/mol. The van der Waals surface area contributed by atoms with Crippen LogP contribution in [0.3, 0.4) is 0 Å². The van der Waals surface area contributed by atoms with E-state index in [1.54, 1.807) is 11.3 Å². The number of hydrogen-bond acceptors (Lipinski definition) is 5. The summed E-state index contributed by atoms with van der Waals surface area (Å²) in [5, 5.41) is 11.2. The third kappa shape index (κ3) is 3.01. The summed E-state index contributed by atoms with van der Waals surface area (Å²) in [6.07, 6.45) is 0.705. The molecule has 1 aromatic carbocycles. The molecule has 1 heterocycles. The lowest BCUT2D eigenvalue weighted by molar-refractivity contribution is 0.0510. The standard InChI is InChI=1S/C13H13NO3S/c14-11-8-9(3-4-12(11)15)13(16)17-6-5-10-2-1-7-18-10/h1-4,7-8,15H,5-6,14H2. The molecule has 2 rings (SSSR count). The highest BCUT2D eigenvalue weighted by molar-refractivity contribution is 7.09. The van der Waals surface area contributed by atoms with Crippen molar-refractivity contribution in [3.63, 3.8) is 0 Å². The lowest BCUT2D eigenvalue weighted by atomic mass is 10.2. The third-order valence-corrected chi connectivity index (χ3v) is 3.36. The van der Waals surface area contributed by atoms with Crippen molar-refractivity contribution in [3.05, 3.63) is 46.2 Å². The van der Waals surface area contributed by atoms with E-state index >= 15 is 0 Å². The van der Waals surface area contributed by atoms with Crippen LogP contribution in [0.2, 0.25) is 0 Å². The van der Waals surface area contributed by atoms with Gasteiger partial charge >= 0.3 is 5.97 Å². The van der Waals surface area contributed by atoms with Gasteiger partial charge in [0, 0.05) is 11.3 Å². The number of nitrogen functional groups attached to an aromatic ring is 1. The molecule has 4 nitrogen and oxygen atoms in total. The van der Waals surface area contributed by atoms with E-state index in [1.807, 2.05) is 17.5 Å². The summed E-state index contributed by atoms with van der Waals surface area (Å²) in [7, 11) is 0. The Morgan fingerprint density at radius 2 is 2.22 bits per heavy atom. The minimum atomic E-state index is -0.432. The molecule has 0 aliphatic heterocycles. The van der Waals surface area contributed by atoms with Crippen molar-refractivity contribution in [1.29, 1.82) is 0 Å². The van der Waals surface area contributed by atoms with Crippen molar-refractivity contribution < 1.29 is 14.6 Å². The fourth-order valence-electron chi connectivity index (χ4n) is 1.46. The average molecular weight is 263 g/mol. The molecule has 0 saturated heterocycles. The summed E-state index contributed by atoms with van der Waals surface area (Å²) in [6.45, 7) is 0.333. The Kier molecular flexibility index (Phi) is 3.84. The minimum absolute atomic E-state index is 0.0369. The highest BCUT2D eigenvalue weighted by Gasteiger charge is 2.09. The second kappa shape index (κ2) is 5.55. The van der Waals surface area contributed by atoms with Crippen LogP contribution in [0.25, 0.3) is 0 Å². The molecule has 0 spiro atoms. The lowest BCUT2D eigenvalue weighted by Gasteiger charge is -2.05. The fourth-order valence-corrected chi connectivity index (χ4v) is 2.15. The molecule has 0 unspecified atom stereocenters. The molecule has 0 aliphatic carbocycles. The molecular formula is C13H13NO3S. The molecule has 3 N–H and O–H groups in total. The number of carbonyl (C=O) groups excluding carboxylic acids is 1. The maximum Gasteiger partial charge on any atom is 0.338 e. The van der Waals surface area contributed by atoms with Gasteiger partial charge in [-0.05, 0) is 29.6 Å². The van der Waals surface area contributed by atoms with E-state index in [1.165, 1.54) is 23.1 Å². The van der Waals surface area contributed by atoms with E-state index < -0.39 is 5.97 Å². The van der Waals surface area contributed by atoms with Crippen molar-refractivity contribution in [1.82, 2.24) is 0 Å². The molecule has 0 saturated carbocycles. The number of esters is 1. The number of rotatable bonds is 4. The number of aromatic hydroxyl groups is 1. The summed E-state index contributed by atoms with van der Waals surface area (Å²) in [6, 6.07) is 8.23. The van der Waals surface area contributed by atoms with Crippen molar-refractivity contribution in [2.75, 3.05) is 12.3 Å².